The molecule has 0 aliphatic rings. The van der Waals surface area contributed by atoms with Gasteiger partial charge in [0.15, 0.2) is 0 Å². The molecule has 0 aliphatic carbocycles. The zero-order chi connectivity index (χ0) is 31.5. The lowest BCUT2D eigenvalue weighted by Crippen LogP contribution is -2.37. The smallest absolute Gasteiger partial charge is 0.306 e. The van der Waals surface area contributed by atoms with Crippen LogP contribution in [-0.2, 0) is 25.7 Å². The first-order valence-electron chi connectivity index (χ1n) is 14.4. The van der Waals surface area contributed by atoms with E-state index in [0.717, 1.165) is 10.9 Å². The standard InChI is InChI=1S/C34H40NO7P/c1-4-25(33(39)40)20-26(21-27(34(41)42)19-23(2)32(37)38)31(36)35(3)22-24-15-17-30(18-16-24)43(28-11-7-5-8-12-28)29-13-9-6-10-14-29/h5-18,23,25-27H,4,19-22H2,1-3H3,(H,37,38)(H,39,40)(H,41,42). The SMILES string of the molecule is CCC(CC(CC(CC(C)C(=O)O)C(=O)O)C(=O)N(C)Cc1ccc(P(c2ccccc2)c2ccccc2)cc1)C(=O)O. The summed E-state index contributed by atoms with van der Waals surface area (Å²) in [6, 6.07) is 28.7. The summed E-state index contributed by atoms with van der Waals surface area (Å²) in [6.45, 7) is 3.41. The van der Waals surface area contributed by atoms with Crippen LogP contribution in [0.15, 0.2) is 84.9 Å². The average molecular weight is 606 g/mol. The van der Waals surface area contributed by atoms with Gasteiger partial charge >= 0.3 is 17.9 Å². The predicted molar refractivity (Wildman–Crippen MR) is 168 cm³/mol. The van der Waals surface area contributed by atoms with E-state index < -0.39 is 49.5 Å². The molecular formula is C34H40NO7P. The van der Waals surface area contributed by atoms with Crippen LogP contribution >= 0.6 is 7.92 Å². The number of hydrogen-bond donors (Lipinski definition) is 3. The second kappa shape index (κ2) is 16.0. The molecule has 8 nitrogen and oxygen atoms in total. The number of carbonyl (C=O) groups is 4. The average Bonchev–Trinajstić information content (AvgIpc) is 3.00. The van der Waals surface area contributed by atoms with Gasteiger partial charge in [0.1, 0.15) is 0 Å². The van der Waals surface area contributed by atoms with Gasteiger partial charge in [-0.05, 0) is 55.1 Å². The van der Waals surface area contributed by atoms with Crippen molar-refractivity contribution in [3.63, 3.8) is 0 Å². The summed E-state index contributed by atoms with van der Waals surface area (Å²) in [5, 5.41) is 32.4. The fraction of sp³-hybridized carbons (Fsp3) is 0.353. The third-order valence-electron chi connectivity index (χ3n) is 7.76. The predicted octanol–water partition coefficient (Wildman–Crippen LogP) is 4.72. The Morgan fingerprint density at radius 3 is 1.56 bits per heavy atom. The monoisotopic (exact) mass is 605 g/mol. The number of benzene rings is 3. The number of carboxylic acid groups (broad SMARTS) is 3. The molecule has 0 saturated heterocycles. The molecule has 3 N–H and O–H groups in total. The molecule has 4 unspecified atom stereocenters. The molecule has 228 valence electrons. The molecule has 3 aromatic carbocycles. The van der Waals surface area contributed by atoms with Gasteiger partial charge in [0.2, 0.25) is 5.91 Å². The van der Waals surface area contributed by atoms with Crippen LogP contribution in [0.25, 0.3) is 0 Å². The highest BCUT2D eigenvalue weighted by molar-refractivity contribution is 7.79. The van der Waals surface area contributed by atoms with Gasteiger partial charge in [-0.1, -0.05) is 98.8 Å². The molecule has 4 atom stereocenters. The number of amides is 1. The molecule has 0 bridgehead atoms. The molecule has 0 aliphatic heterocycles. The van der Waals surface area contributed by atoms with Crippen molar-refractivity contribution in [3.8, 4) is 0 Å². The molecule has 0 spiro atoms. The van der Waals surface area contributed by atoms with E-state index in [2.05, 4.69) is 36.4 Å². The summed E-state index contributed by atoms with van der Waals surface area (Å²) in [5.74, 6) is -7.40. The van der Waals surface area contributed by atoms with E-state index in [1.54, 1.807) is 14.0 Å². The van der Waals surface area contributed by atoms with Crippen LogP contribution in [0.5, 0.6) is 0 Å². The molecule has 1 amide bonds. The minimum absolute atomic E-state index is 0.0162. The van der Waals surface area contributed by atoms with Crippen LogP contribution in [0.3, 0.4) is 0 Å². The van der Waals surface area contributed by atoms with Crippen LogP contribution in [0.1, 0.15) is 45.1 Å². The van der Waals surface area contributed by atoms with Crippen molar-refractivity contribution in [2.45, 2.75) is 46.1 Å². The fourth-order valence-corrected chi connectivity index (χ4v) is 7.55. The summed E-state index contributed by atoms with van der Waals surface area (Å²) in [5.41, 5.74) is 0.883. The van der Waals surface area contributed by atoms with Crippen molar-refractivity contribution < 1.29 is 34.5 Å². The molecule has 0 aromatic heterocycles. The van der Waals surface area contributed by atoms with Gasteiger partial charge in [0.05, 0.1) is 17.8 Å². The highest BCUT2D eigenvalue weighted by Gasteiger charge is 2.34. The Balaban J connectivity index is 1.82. The molecule has 0 fully saturated rings. The number of carbonyl (C=O) groups excluding carboxylic acids is 1. The van der Waals surface area contributed by atoms with Gasteiger partial charge in [0, 0.05) is 19.5 Å². The summed E-state index contributed by atoms with van der Waals surface area (Å²) in [4.78, 5) is 50.4. The third kappa shape index (κ3) is 9.48. The van der Waals surface area contributed by atoms with Gasteiger partial charge in [-0.15, -0.1) is 0 Å². The molecule has 0 saturated carbocycles. The Bertz CT molecular complexity index is 1330. The second-order valence-corrected chi connectivity index (χ2v) is 13.2. The quantitative estimate of drug-likeness (QED) is 0.201. The van der Waals surface area contributed by atoms with E-state index in [9.17, 15) is 34.5 Å². The van der Waals surface area contributed by atoms with Gasteiger partial charge in [0.25, 0.3) is 0 Å². The van der Waals surface area contributed by atoms with Crippen molar-refractivity contribution in [1.29, 1.82) is 0 Å². The van der Waals surface area contributed by atoms with Crippen molar-refractivity contribution in [3.05, 3.63) is 90.5 Å². The lowest BCUT2D eigenvalue weighted by molar-refractivity contribution is -0.146. The summed E-state index contributed by atoms with van der Waals surface area (Å²) in [7, 11) is 0.845. The highest BCUT2D eigenvalue weighted by atomic mass is 31.1. The zero-order valence-electron chi connectivity index (χ0n) is 24.8. The Hall–Kier alpha value is -4.03. The Kier molecular flexibility index (Phi) is 12.4. The van der Waals surface area contributed by atoms with E-state index in [1.165, 1.54) is 22.4 Å². The van der Waals surface area contributed by atoms with Crippen molar-refractivity contribution in [1.82, 2.24) is 4.90 Å². The minimum atomic E-state index is -1.19. The molecule has 3 rings (SSSR count). The van der Waals surface area contributed by atoms with Crippen molar-refractivity contribution in [2.75, 3.05) is 7.05 Å². The van der Waals surface area contributed by atoms with Crippen LogP contribution in [0, 0.1) is 23.7 Å². The van der Waals surface area contributed by atoms with Crippen LogP contribution in [-0.4, -0.2) is 51.1 Å². The minimum Gasteiger partial charge on any atom is -0.481 e. The Morgan fingerprint density at radius 2 is 1.12 bits per heavy atom. The highest BCUT2D eigenvalue weighted by Crippen LogP contribution is 2.33. The summed E-state index contributed by atoms with van der Waals surface area (Å²) < 4.78 is 0. The third-order valence-corrected chi connectivity index (χ3v) is 10.2. The molecule has 43 heavy (non-hydrogen) atoms. The topological polar surface area (TPSA) is 132 Å². The summed E-state index contributed by atoms with van der Waals surface area (Å²) >= 11 is 0. The first-order chi connectivity index (χ1) is 20.5. The van der Waals surface area contributed by atoms with E-state index in [1.807, 2.05) is 48.5 Å². The molecular weight excluding hydrogens is 565 g/mol. The first kappa shape index (κ1) is 33.5. The van der Waals surface area contributed by atoms with E-state index >= 15 is 0 Å². The maximum absolute atomic E-state index is 13.7. The van der Waals surface area contributed by atoms with Gasteiger partial charge in [-0.3, -0.25) is 19.2 Å². The van der Waals surface area contributed by atoms with Crippen LogP contribution < -0.4 is 15.9 Å². The largest absolute Gasteiger partial charge is 0.481 e. The van der Waals surface area contributed by atoms with E-state index in [0.29, 0.717) is 6.42 Å². The lowest BCUT2D eigenvalue weighted by atomic mass is 9.82. The van der Waals surface area contributed by atoms with Gasteiger partial charge < -0.3 is 20.2 Å². The second-order valence-electron chi connectivity index (χ2n) is 11.0. The molecule has 0 radical (unpaired) electrons. The first-order valence-corrected chi connectivity index (χ1v) is 15.8. The van der Waals surface area contributed by atoms with Gasteiger partial charge in [-0.25, -0.2) is 0 Å². The molecule has 9 heteroatoms. The Morgan fingerprint density at radius 1 is 0.651 bits per heavy atom. The number of aliphatic carboxylic acids is 3. The molecule has 0 heterocycles. The van der Waals surface area contributed by atoms with Crippen LogP contribution in [0.2, 0.25) is 0 Å². The summed E-state index contributed by atoms with van der Waals surface area (Å²) in [6.07, 6.45) is 0.00355. The number of carboxylic acids is 3. The van der Waals surface area contributed by atoms with Gasteiger partial charge in [-0.2, -0.15) is 0 Å². The maximum atomic E-state index is 13.7. The maximum Gasteiger partial charge on any atom is 0.306 e. The van der Waals surface area contributed by atoms with E-state index in [-0.39, 0.29) is 31.7 Å². The molecule has 3 aromatic rings. The number of hydrogen-bond acceptors (Lipinski definition) is 4. The van der Waals surface area contributed by atoms with Crippen molar-refractivity contribution in [2.24, 2.45) is 23.7 Å². The number of rotatable bonds is 16. The zero-order valence-corrected chi connectivity index (χ0v) is 25.7. The Labute approximate surface area is 254 Å². The number of nitrogens with zero attached hydrogens (tertiary/aromatic N) is 1. The van der Waals surface area contributed by atoms with Crippen LogP contribution in [0.4, 0.5) is 0 Å². The van der Waals surface area contributed by atoms with E-state index in [4.69, 9.17) is 0 Å². The van der Waals surface area contributed by atoms with Crippen molar-refractivity contribution >= 4 is 47.7 Å². The fourth-order valence-electron chi connectivity index (χ4n) is 5.27. The lowest BCUT2D eigenvalue weighted by Gasteiger charge is -2.28. The normalized spacial score (nSPS) is 14.0.